The Morgan fingerprint density at radius 3 is 1.73 bits per heavy atom. The first kappa shape index (κ1) is 30.9. The molecular weight excluding hydrogens is 633 g/mol. The summed E-state index contributed by atoms with van der Waals surface area (Å²) in [6.07, 6.45) is 9.60. The number of benzene rings is 5. The Balaban J connectivity index is 0.958. The third-order valence-electron chi connectivity index (χ3n) is 12.3. The molecule has 2 atom stereocenters. The van der Waals surface area contributed by atoms with Gasteiger partial charge in [-0.2, -0.15) is 5.26 Å². The molecule has 4 heteroatoms. The Bertz CT molecular complexity index is 2410. The van der Waals surface area contributed by atoms with Gasteiger partial charge in [0.1, 0.15) is 5.69 Å². The predicted octanol–water partition coefficient (Wildman–Crippen LogP) is 11.4. The van der Waals surface area contributed by atoms with Crippen molar-refractivity contribution in [3.8, 4) is 51.2 Å². The SMILES string of the molecule is N#Cc1ccc2cc(-c3ccc(C45CC6CC(C4)CC(c4ccc(-c7cc(-c8ccccc8)nc(-c8ccccn8)n7)cc4)(C6)C5)cc3)ccc2c1. The molecular formula is C48H38N4. The standard InChI is InChI=1S/C48H38N4/c49-30-32-9-10-40-24-39(12-11-38(40)23-32)35-13-17-41(18-14-35)47-26-33-22-34(27-47)29-48(28-33,31-47)42-19-15-37(16-20-42)45-25-44(36-6-2-1-3-7-36)51-46(52-45)43-8-4-5-21-50-43/h1-21,23-25,33-34H,22,26-29,31H2. The van der Waals surface area contributed by atoms with Crippen molar-refractivity contribution in [1.82, 2.24) is 15.0 Å². The number of hydrogen-bond acceptors (Lipinski definition) is 4. The maximum atomic E-state index is 9.31. The fourth-order valence-corrected chi connectivity index (χ4v) is 10.4. The first-order chi connectivity index (χ1) is 25.5. The molecule has 0 radical (unpaired) electrons. The quantitative estimate of drug-likeness (QED) is 0.177. The van der Waals surface area contributed by atoms with Crippen molar-refractivity contribution in [1.29, 1.82) is 5.26 Å². The summed E-state index contributed by atoms with van der Waals surface area (Å²) in [6.45, 7) is 0. The summed E-state index contributed by atoms with van der Waals surface area (Å²) in [5.41, 5.74) is 11.4. The number of fused-ring (bicyclic) bond motifs is 1. The number of nitriles is 1. The average Bonchev–Trinajstić information content (AvgIpc) is 3.20. The van der Waals surface area contributed by atoms with Gasteiger partial charge in [-0.3, -0.25) is 4.98 Å². The molecule has 7 aromatic rings. The maximum absolute atomic E-state index is 9.31. The summed E-state index contributed by atoms with van der Waals surface area (Å²) in [5, 5.41) is 11.6. The van der Waals surface area contributed by atoms with E-state index in [-0.39, 0.29) is 10.8 Å². The third kappa shape index (κ3) is 5.31. The zero-order valence-corrected chi connectivity index (χ0v) is 29.0. The van der Waals surface area contributed by atoms with Gasteiger partial charge < -0.3 is 0 Å². The zero-order valence-electron chi connectivity index (χ0n) is 29.0. The van der Waals surface area contributed by atoms with Gasteiger partial charge in [0.05, 0.1) is 23.0 Å². The molecule has 11 rings (SSSR count). The Labute approximate surface area is 304 Å². The minimum Gasteiger partial charge on any atom is -0.253 e. The van der Waals surface area contributed by atoms with E-state index in [2.05, 4.69) is 114 Å². The number of nitrogens with zero attached hydrogens (tertiary/aromatic N) is 4. The molecule has 4 aliphatic carbocycles. The van der Waals surface area contributed by atoms with Crippen LogP contribution in [0.5, 0.6) is 0 Å². The maximum Gasteiger partial charge on any atom is 0.179 e. The molecule has 0 aliphatic heterocycles. The van der Waals surface area contributed by atoms with Crippen LogP contribution in [0.2, 0.25) is 0 Å². The van der Waals surface area contributed by atoms with Crippen LogP contribution in [0.1, 0.15) is 55.2 Å². The molecule has 0 amide bonds. The van der Waals surface area contributed by atoms with E-state index in [4.69, 9.17) is 9.97 Å². The zero-order chi connectivity index (χ0) is 34.7. The summed E-state index contributed by atoms with van der Waals surface area (Å²) in [6, 6.07) is 52.0. The molecule has 2 heterocycles. The van der Waals surface area contributed by atoms with Gasteiger partial charge in [-0.05, 0) is 131 Å². The second-order valence-corrected chi connectivity index (χ2v) is 15.6. The fraction of sp³-hybridized carbons (Fsp3) is 0.208. The molecule has 4 bridgehead atoms. The summed E-state index contributed by atoms with van der Waals surface area (Å²) in [4.78, 5) is 14.5. The van der Waals surface area contributed by atoms with Gasteiger partial charge >= 0.3 is 0 Å². The van der Waals surface area contributed by atoms with Crippen molar-refractivity contribution in [2.75, 3.05) is 0 Å². The minimum absolute atomic E-state index is 0.210. The van der Waals surface area contributed by atoms with Crippen LogP contribution >= 0.6 is 0 Å². The van der Waals surface area contributed by atoms with Crippen molar-refractivity contribution >= 4 is 10.8 Å². The summed E-state index contributed by atoms with van der Waals surface area (Å²) >= 11 is 0. The monoisotopic (exact) mass is 670 g/mol. The van der Waals surface area contributed by atoms with E-state index >= 15 is 0 Å². The molecule has 4 saturated carbocycles. The first-order valence-corrected chi connectivity index (χ1v) is 18.6. The van der Waals surface area contributed by atoms with E-state index in [9.17, 15) is 5.26 Å². The van der Waals surface area contributed by atoms with Crippen LogP contribution in [0, 0.1) is 23.2 Å². The van der Waals surface area contributed by atoms with E-state index in [1.165, 1.54) is 66.2 Å². The van der Waals surface area contributed by atoms with Gasteiger partial charge in [0.2, 0.25) is 0 Å². The molecule has 2 unspecified atom stereocenters. The Kier molecular flexibility index (Phi) is 7.18. The lowest BCUT2D eigenvalue weighted by molar-refractivity contribution is -0.0281. The molecule has 4 aliphatic rings. The van der Waals surface area contributed by atoms with Crippen molar-refractivity contribution in [2.24, 2.45) is 11.8 Å². The summed E-state index contributed by atoms with van der Waals surface area (Å²) < 4.78 is 0. The van der Waals surface area contributed by atoms with Crippen LogP contribution in [0.25, 0.3) is 55.9 Å². The van der Waals surface area contributed by atoms with Gasteiger partial charge in [-0.15, -0.1) is 0 Å². The molecule has 250 valence electrons. The van der Waals surface area contributed by atoms with Crippen LogP contribution in [0.3, 0.4) is 0 Å². The normalized spacial score (nSPS) is 23.1. The lowest BCUT2D eigenvalue weighted by Crippen LogP contribution is -2.55. The Hall–Kier alpha value is -5.92. The second-order valence-electron chi connectivity index (χ2n) is 15.6. The predicted molar refractivity (Wildman–Crippen MR) is 208 cm³/mol. The van der Waals surface area contributed by atoms with Gasteiger partial charge in [-0.1, -0.05) is 103 Å². The van der Waals surface area contributed by atoms with Crippen molar-refractivity contribution in [3.63, 3.8) is 0 Å². The summed E-state index contributed by atoms with van der Waals surface area (Å²) in [7, 11) is 0. The largest absolute Gasteiger partial charge is 0.253 e. The number of pyridine rings is 1. The van der Waals surface area contributed by atoms with Crippen molar-refractivity contribution in [2.45, 2.75) is 49.4 Å². The van der Waals surface area contributed by atoms with E-state index in [0.29, 0.717) is 11.4 Å². The highest BCUT2D eigenvalue weighted by atomic mass is 14.9. The number of hydrogen-bond donors (Lipinski definition) is 0. The highest BCUT2D eigenvalue weighted by Crippen LogP contribution is 2.66. The Morgan fingerprint density at radius 2 is 1.10 bits per heavy atom. The molecule has 0 spiro atoms. The second kappa shape index (κ2) is 12.1. The third-order valence-corrected chi connectivity index (χ3v) is 12.3. The van der Waals surface area contributed by atoms with Gasteiger partial charge in [-0.25, -0.2) is 9.97 Å². The highest BCUT2D eigenvalue weighted by Gasteiger charge is 2.58. The van der Waals surface area contributed by atoms with Crippen molar-refractivity contribution in [3.05, 3.63) is 162 Å². The molecule has 0 N–H and O–H groups in total. The number of aromatic nitrogens is 3. The number of rotatable bonds is 6. The molecule has 0 saturated heterocycles. The lowest BCUT2D eigenvalue weighted by Gasteiger charge is -2.63. The van der Waals surface area contributed by atoms with E-state index in [1.807, 2.05) is 36.4 Å². The molecule has 5 aromatic carbocycles. The van der Waals surface area contributed by atoms with E-state index in [1.54, 1.807) is 6.20 Å². The minimum atomic E-state index is 0.210. The van der Waals surface area contributed by atoms with Crippen molar-refractivity contribution < 1.29 is 0 Å². The molecule has 52 heavy (non-hydrogen) atoms. The molecule has 2 aromatic heterocycles. The fourth-order valence-electron chi connectivity index (χ4n) is 10.4. The van der Waals surface area contributed by atoms with Crippen LogP contribution in [-0.4, -0.2) is 15.0 Å². The van der Waals surface area contributed by atoms with Gasteiger partial charge in [0.25, 0.3) is 0 Å². The van der Waals surface area contributed by atoms with Crippen LogP contribution in [-0.2, 0) is 10.8 Å². The summed E-state index contributed by atoms with van der Waals surface area (Å²) in [5.74, 6) is 2.19. The molecule has 4 fully saturated rings. The average molecular weight is 671 g/mol. The van der Waals surface area contributed by atoms with Crippen LogP contribution in [0.15, 0.2) is 146 Å². The molecule has 4 nitrogen and oxygen atoms in total. The smallest absolute Gasteiger partial charge is 0.179 e. The first-order valence-electron chi connectivity index (χ1n) is 18.6. The van der Waals surface area contributed by atoms with Gasteiger partial charge in [0.15, 0.2) is 5.82 Å². The highest BCUT2D eigenvalue weighted by molar-refractivity contribution is 5.88. The van der Waals surface area contributed by atoms with E-state index < -0.39 is 0 Å². The van der Waals surface area contributed by atoms with Crippen LogP contribution in [0.4, 0.5) is 0 Å². The van der Waals surface area contributed by atoms with Gasteiger partial charge in [0, 0.05) is 17.3 Å². The lowest BCUT2D eigenvalue weighted by atomic mass is 9.41. The van der Waals surface area contributed by atoms with E-state index in [0.717, 1.165) is 45.4 Å². The Morgan fingerprint density at radius 1 is 0.519 bits per heavy atom. The topological polar surface area (TPSA) is 62.5 Å². The van der Waals surface area contributed by atoms with Crippen LogP contribution < -0.4 is 0 Å².